The maximum absolute atomic E-state index is 13.7. The van der Waals surface area contributed by atoms with Crippen LogP contribution in [0.1, 0.15) is 31.4 Å². The number of Topliss-reactive ketones (excluding diaryl/α,β-unsaturated/α-hetero) is 2. The Morgan fingerprint density at radius 1 is 1.12 bits per heavy atom. The second-order valence-electron chi connectivity index (χ2n) is 9.12. The molecule has 3 aliphatic carbocycles. The third-order valence-electron chi connectivity index (χ3n) is 7.36. The number of likely N-dealkylation sites (N-methyl/N-ethyl adjacent to an activating group) is 1. The summed E-state index contributed by atoms with van der Waals surface area (Å²) in [6.07, 6.45) is -3.22. The highest BCUT2D eigenvalue weighted by Gasteiger charge is 2.71. The monoisotopic (exact) mass is 462 g/mol. The molecule has 2 saturated carbocycles. The lowest BCUT2D eigenvalue weighted by molar-refractivity contribution is -0.199. The summed E-state index contributed by atoms with van der Waals surface area (Å²) in [6.45, 7) is 1.69. The van der Waals surface area contributed by atoms with Crippen molar-refractivity contribution >= 4 is 23.2 Å². The van der Waals surface area contributed by atoms with Gasteiger partial charge in [0.15, 0.2) is 11.4 Å². The quantitative estimate of drug-likeness (QED) is 0.310. The van der Waals surface area contributed by atoms with Crippen LogP contribution < -0.4 is 5.73 Å². The molecule has 1 aromatic carbocycles. The molecule has 1 aromatic rings. The van der Waals surface area contributed by atoms with Crippen molar-refractivity contribution in [2.45, 2.75) is 44.1 Å². The molecule has 0 bridgehead atoms. The molecule has 8 atom stereocenters. The van der Waals surface area contributed by atoms with Gasteiger partial charge in [-0.3, -0.25) is 14.4 Å². The van der Waals surface area contributed by atoms with Crippen LogP contribution in [0.25, 0.3) is 5.76 Å². The van der Waals surface area contributed by atoms with Gasteiger partial charge in [0.05, 0.1) is 17.8 Å². The minimum absolute atomic E-state index is 0. The summed E-state index contributed by atoms with van der Waals surface area (Å²) in [5.74, 6) is -9.67. The summed E-state index contributed by atoms with van der Waals surface area (Å²) >= 11 is 0. The number of aliphatic hydroxyl groups excluding tert-OH is 3. The lowest BCUT2D eigenvalue weighted by Crippen LogP contribution is -2.76. The number of ketones is 2. The summed E-state index contributed by atoms with van der Waals surface area (Å²) in [7, 11) is 3.03. The highest BCUT2D eigenvalue weighted by atomic mass is 16.3. The maximum Gasteiger partial charge on any atom is 0.230 e. The topological polar surface area (TPSA) is 182 Å². The zero-order valence-corrected chi connectivity index (χ0v) is 17.8. The molecular formula is C23H30N2O8. The molecule has 4 rings (SSSR count). The number of primary amides is 1. The fraction of sp³-hybridized carbons (Fsp3) is 0.522. The molecule has 1 amide bonds. The smallest absolute Gasteiger partial charge is 0.230 e. The number of nitrogens with zero attached hydrogens (tertiary/aromatic N) is 1. The van der Waals surface area contributed by atoms with Crippen LogP contribution in [-0.2, 0) is 14.4 Å². The van der Waals surface area contributed by atoms with Crippen molar-refractivity contribution in [1.82, 2.24) is 4.90 Å². The summed E-state index contributed by atoms with van der Waals surface area (Å²) < 4.78 is 0. The predicted octanol–water partition coefficient (Wildman–Crippen LogP) is -0.703. The highest BCUT2D eigenvalue weighted by molar-refractivity contribution is 6.25. The number of rotatable bonds is 2. The number of carbonyl (C=O) groups is 3. The summed E-state index contributed by atoms with van der Waals surface area (Å²) in [5, 5.41) is 55.0. The molecule has 0 radical (unpaired) electrons. The fourth-order valence-corrected chi connectivity index (χ4v) is 5.93. The van der Waals surface area contributed by atoms with Crippen molar-refractivity contribution in [1.29, 1.82) is 0 Å². The van der Waals surface area contributed by atoms with E-state index in [0.717, 1.165) is 0 Å². The van der Waals surface area contributed by atoms with Crippen LogP contribution in [-0.4, -0.2) is 85.9 Å². The number of aromatic hydroxyl groups is 1. The zero-order chi connectivity index (χ0) is 23.9. The molecule has 0 saturated heterocycles. The number of benzene rings is 1. The molecular weight excluding hydrogens is 432 g/mol. The van der Waals surface area contributed by atoms with E-state index in [4.69, 9.17) is 5.73 Å². The minimum Gasteiger partial charge on any atom is -0.507 e. The molecule has 3 aliphatic rings. The minimum atomic E-state index is -2.91. The molecule has 33 heavy (non-hydrogen) atoms. The lowest BCUT2D eigenvalue weighted by atomic mass is 9.52. The fourth-order valence-electron chi connectivity index (χ4n) is 5.93. The number of phenols is 1. The van der Waals surface area contributed by atoms with Gasteiger partial charge in [-0.2, -0.15) is 0 Å². The van der Waals surface area contributed by atoms with Crippen LogP contribution in [0, 0.1) is 17.8 Å². The van der Waals surface area contributed by atoms with Crippen LogP contribution >= 0.6 is 0 Å². The van der Waals surface area contributed by atoms with Crippen molar-refractivity contribution in [3.8, 4) is 5.75 Å². The van der Waals surface area contributed by atoms with Gasteiger partial charge in [0.25, 0.3) is 0 Å². The first-order chi connectivity index (χ1) is 14.9. The zero-order valence-electron chi connectivity index (χ0n) is 17.8. The van der Waals surface area contributed by atoms with E-state index >= 15 is 0 Å². The number of hydrogen-bond donors (Lipinski definition) is 6. The Bertz CT molecular complexity index is 1070. The van der Waals surface area contributed by atoms with Gasteiger partial charge >= 0.3 is 0 Å². The number of nitrogens with two attached hydrogens (primary N) is 1. The molecule has 7 N–H and O–H groups in total. The first kappa shape index (κ1) is 24.8. The summed E-state index contributed by atoms with van der Waals surface area (Å²) in [4.78, 5) is 40.3. The van der Waals surface area contributed by atoms with Crippen molar-refractivity contribution in [2.24, 2.45) is 23.5 Å². The van der Waals surface area contributed by atoms with Gasteiger partial charge in [-0.15, -0.1) is 0 Å². The number of carbonyl (C=O) groups excluding carboxylic acids is 3. The second-order valence-corrected chi connectivity index (χ2v) is 9.12. The van der Waals surface area contributed by atoms with Crippen molar-refractivity contribution in [3.05, 3.63) is 34.9 Å². The first-order valence-corrected chi connectivity index (χ1v) is 10.3. The molecule has 0 spiro atoms. The van der Waals surface area contributed by atoms with E-state index < -0.39 is 76.3 Å². The van der Waals surface area contributed by atoms with Crippen LogP contribution in [0.4, 0.5) is 0 Å². The molecule has 2 fully saturated rings. The number of hydrogen-bond acceptors (Lipinski definition) is 9. The van der Waals surface area contributed by atoms with Crippen molar-refractivity contribution < 1.29 is 39.9 Å². The molecule has 10 nitrogen and oxygen atoms in total. The number of amides is 1. The van der Waals surface area contributed by atoms with Crippen LogP contribution in [0.5, 0.6) is 5.75 Å². The normalized spacial score (nSPS) is 37.7. The number of aliphatic hydroxyl groups is 4. The number of phenolic OH excluding ortho intramolecular Hbond substituents is 1. The van der Waals surface area contributed by atoms with E-state index in [-0.39, 0.29) is 18.7 Å². The molecule has 180 valence electrons. The highest BCUT2D eigenvalue weighted by Crippen LogP contribution is 2.55. The Morgan fingerprint density at radius 3 is 2.27 bits per heavy atom. The average Bonchev–Trinajstić information content (AvgIpc) is 2.70. The third kappa shape index (κ3) is 2.98. The SMILES string of the molecule is C.CC1c2cccc(O)c2C(O)=C2C(=O)C3(O)C(=O)C(C(N)=O)C(O)C(N(C)C)C3C(O)C21. The largest absolute Gasteiger partial charge is 0.507 e. The van der Waals surface area contributed by atoms with Crippen molar-refractivity contribution in [3.63, 3.8) is 0 Å². The number of fused-ring (bicyclic) bond motifs is 3. The third-order valence-corrected chi connectivity index (χ3v) is 7.36. The Labute approximate surface area is 190 Å². The summed E-state index contributed by atoms with van der Waals surface area (Å²) in [6, 6.07) is 3.34. The molecule has 10 heteroatoms. The lowest BCUT2D eigenvalue weighted by Gasteiger charge is -2.56. The van der Waals surface area contributed by atoms with Gasteiger partial charge in [0.2, 0.25) is 11.7 Å². The van der Waals surface area contributed by atoms with Gasteiger partial charge in [-0.25, -0.2) is 0 Å². The van der Waals surface area contributed by atoms with Gasteiger partial charge in [0, 0.05) is 23.5 Å². The van der Waals surface area contributed by atoms with Gasteiger partial charge < -0.3 is 36.2 Å². The Hall–Kier alpha value is -2.79. The molecule has 0 heterocycles. The van der Waals surface area contributed by atoms with Gasteiger partial charge in [-0.1, -0.05) is 26.5 Å². The van der Waals surface area contributed by atoms with Crippen LogP contribution in [0.15, 0.2) is 23.8 Å². The van der Waals surface area contributed by atoms with E-state index in [2.05, 4.69) is 0 Å². The van der Waals surface area contributed by atoms with Gasteiger partial charge in [-0.05, 0) is 31.6 Å². The summed E-state index contributed by atoms with van der Waals surface area (Å²) in [5.41, 5.74) is 2.47. The van der Waals surface area contributed by atoms with E-state index in [9.17, 15) is 39.9 Å². The van der Waals surface area contributed by atoms with Gasteiger partial charge in [0.1, 0.15) is 17.4 Å². The van der Waals surface area contributed by atoms with E-state index in [1.165, 1.54) is 25.1 Å². The van der Waals surface area contributed by atoms with E-state index in [1.807, 2.05) is 0 Å². The molecule has 0 aliphatic heterocycles. The Morgan fingerprint density at radius 2 is 1.73 bits per heavy atom. The standard InChI is InChI=1S/C22H26N2O8.CH4/c1-7-8-5-4-6-9(25)11(8)16(26)12-10(7)17(27)14-15(24(2)3)18(28)13(21(23)31)20(30)22(14,32)19(12)29;/h4-7,10,13-15,17-18,25-28,32H,1-3H3,(H2,23,31);1H4. The predicted molar refractivity (Wildman–Crippen MR) is 117 cm³/mol. The average molecular weight is 462 g/mol. The maximum atomic E-state index is 13.7. The Kier molecular flexibility index (Phi) is 5.96. The molecule has 0 aromatic heterocycles. The van der Waals surface area contributed by atoms with Crippen LogP contribution in [0.3, 0.4) is 0 Å². The van der Waals surface area contributed by atoms with E-state index in [0.29, 0.717) is 5.56 Å². The second kappa shape index (κ2) is 7.91. The van der Waals surface area contributed by atoms with Crippen molar-refractivity contribution in [2.75, 3.05) is 14.1 Å². The Balaban J connectivity index is 0.00000306. The van der Waals surface area contributed by atoms with Crippen LogP contribution in [0.2, 0.25) is 0 Å². The first-order valence-electron chi connectivity index (χ1n) is 10.3. The van der Waals surface area contributed by atoms with E-state index in [1.54, 1.807) is 19.1 Å². The molecule has 8 unspecified atom stereocenters.